The van der Waals surface area contributed by atoms with E-state index in [1.54, 1.807) is 0 Å². The van der Waals surface area contributed by atoms with E-state index >= 15 is 0 Å². The molecule has 1 aromatic rings. The van der Waals surface area contributed by atoms with Crippen LogP contribution in [0.15, 0.2) is 24.3 Å². The highest BCUT2D eigenvalue weighted by molar-refractivity contribution is 5.28. The zero-order valence-electron chi connectivity index (χ0n) is 12.4. The van der Waals surface area contributed by atoms with Gasteiger partial charge in [-0.3, -0.25) is 0 Å². The highest BCUT2D eigenvalue weighted by atomic mass is 16.3. The van der Waals surface area contributed by atoms with E-state index in [0.717, 1.165) is 13.0 Å². The Kier molecular flexibility index (Phi) is 4.94. The molecule has 0 aliphatic heterocycles. The van der Waals surface area contributed by atoms with Gasteiger partial charge in [-0.1, -0.05) is 45.0 Å². The molecule has 0 aliphatic carbocycles. The van der Waals surface area contributed by atoms with Crippen molar-refractivity contribution in [3.8, 4) is 0 Å². The quantitative estimate of drug-likeness (QED) is 0.812. The first kappa shape index (κ1) is 15.2. The Morgan fingerprint density at radius 1 is 1.00 bits per heavy atom. The highest BCUT2D eigenvalue weighted by Crippen LogP contribution is 2.22. The summed E-state index contributed by atoms with van der Waals surface area (Å²) in [6.07, 6.45) is 1.08. The lowest BCUT2D eigenvalue weighted by Crippen LogP contribution is -2.41. The Morgan fingerprint density at radius 3 is 2.00 bits per heavy atom. The van der Waals surface area contributed by atoms with Gasteiger partial charge in [0.25, 0.3) is 0 Å². The second kappa shape index (κ2) is 5.85. The molecule has 0 radical (unpaired) electrons. The zero-order valence-corrected chi connectivity index (χ0v) is 12.4. The second-order valence-corrected chi connectivity index (χ2v) is 6.35. The van der Waals surface area contributed by atoms with Gasteiger partial charge in [0.05, 0.1) is 5.60 Å². The molecule has 0 atom stereocenters. The van der Waals surface area contributed by atoms with Gasteiger partial charge in [0.15, 0.2) is 0 Å². The summed E-state index contributed by atoms with van der Waals surface area (Å²) >= 11 is 0. The molecule has 2 heteroatoms. The molecule has 2 N–H and O–H groups in total. The predicted octanol–water partition coefficient (Wildman–Crippen LogP) is 2.89. The number of rotatable bonds is 6. The average Bonchev–Trinajstić information content (AvgIpc) is 2.27. The number of hydrogen-bond acceptors (Lipinski definition) is 2. The summed E-state index contributed by atoms with van der Waals surface area (Å²) < 4.78 is 0. The van der Waals surface area contributed by atoms with Crippen LogP contribution in [0.2, 0.25) is 0 Å². The van der Waals surface area contributed by atoms with Crippen LogP contribution in [-0.2, 0) is 11.8 Å². The van der Waals surface area contributed by atoms with Crippen molar-refractivity contribution >= 4 is 0 Å². The van der Waals surface area contributed by atoms with Gasteiger partial charge in [-0.15, -0.1) is 0 Å². The molecule has 0 heterocycles. The average molecular weight is 249 g/mol. The maximum atomic E-state index is 9.69. The summed E-state index contributed by atoms with van der Waals surface area (Å²) in [4.78, 5) is 0. The normalized spacial score (nSPS) is 12.8. The summed E-state index contributed by atoms with van der Waals surface area (Å²) in [5.41, 5.74) is 2.14. The third kappa shape index (κ3) is 4.79. The van der Waals surface area contributed by atoms with Crippen LogP contribution in [0.1, 0.15) is 45.7 Å². The monoisotopic (exact) mass is 249 g/mol. The van der Waals surface area contributed by atoms with E-state index < -0.39 is 5.60 Å². The van der Waals surface area contributed by atoms with Crippen LogP contribution < -0.4 is 5.32 Å². The van der Waals surface area contributed by atoms with Crippen molar-refractivity contribution in [2.75, 3.05) is 13.1 Å². The molecule has 2 nitrogen and oxygen atoms in total. The molecule has 18 heavy (non-hydrogen) atoms. The molecular formula is C16H27NO. The molecule has 0 saturated carbocycles. The first-order valence-corrected chi connectivity index (χ1v) is 6.77. The second-order valence-electron chi connectivity index (χ2n) is 6.35. The Hall–Kier alpha value is -0.860. The van der Waals surface area contributed by atoms with E-state index in [1.165, 1.54) is 11.1 Å². The van der Waals surface area contributed by atoms with Crippen LogP contribution in [0.4, 0.5) is 0 Å². The number of hydrogen-bond donors (Lipinski definition) is 2. The first-order chi connectivity index (χ1) is 8.24. The SMILES string of the molecule is CCc1ccc(C(C)(C)CNCC(C)(C)O)cc1. The van der Waals surface area contributed by atoms with Crippen molar-refractivity contribution in [3.05, 3.63) is 35.4 Å². The largest absolute Gasteiger partial charge is 0.389 e. The maximum absolute atomic E-state index is 9.69. The fourth-order valence-electron chi connectivity index (χ4n) is 1.97. The molecule has 1 rings (SSSR count). The van der Waals surface area contributed by atoms with E-state index in [9.17, 15) is 5.11 Å². The molecule has 0 aliphatic rings. The molecular weight excluding hydrogens is 222 g/mol. The molecule has 102 valence electrons. The Morgan fingerprint density at radius 2 is 1.56 bits per heavy atom. The van der Waals surface area contributed by atoms with Crippen molar-refractivity contribution in [1.82, 2.24) is 5.32 Å². The highest BCUT2D eigenvalue weighted by Gasteiger charge is 2.21. The fraction of sp³-hybridized carbons (Fsp3) is 0.625. The van der Waals surface area contributed by atoms with E-state index in [-0.39, 0.29) is 5.41 Å². The third-order valence-corrected chi connectivity index (χ3v) is 3.27. The van der Waals surface area contributed by atoms with E-state index in [0.29, 0.717) is 6.54 Å². The van der Waals surface area contributed by atoms with Crippen LogP contribution in [-0.4, -0.2) is 23.8 Å². The van der Waals surface area contributed by atoms with Crippen LogP contribution in [0.3, 0.4) is 0 Å². The van der Waals surface area contributed by atoms with Crippen molar-refractivity contribution in [3.63, 3.8) is 0 Å². The molecule has 0 aromatic heterocycles. The standard InChI is InChI=1S/C16H27NO/c1-6-13-7-9-14(10-8-13)15(2,3)11-17-12-16(4,5)18/h7-10,17-18H,6,11-12H2,1-5H3. The third-order valence-electron chi connectivity index (χ3n) is 3.27. The van der Waals surface area contributed by atoms with Crippen LogP contribution in [0.5, 0.6) is 0 Å². The zero-order chi connectivity index (χ0) is 13.8. The number of aliphatic hydroxyl groups is 1. The minimum Gasteiger partial charge on any atom is -0.389 e. The predicted molar refractivity (Wildman–Crippen MR) is 78.0 cm³/mol. The van der Waals surface area contributed by atoms with Crippen molar-refractivity contribution in [2.24, 2.45) is 0 Å². The Balaban J connectivity index is 2.61. The lowest BCUT2D eigenvalue weighted by molar-refractivity contribution is 0.0785. The summed E-state index contributed by atoms with van der Waals surface area (Å²) in [5.74, 6) is 0. The Bertz CT molecular complexity index is 360. The van der Waals surface area contributed by atoms with E-state index in [4.69, 9.17) is 0 Å². The molecule has 1 aromatic carbocycles. The summed E-state index contributed by atoms with van der Waals surface area (Å²) in [7, 11) is 0. The van der Waals surface area contributed by atoms with E-state index in [1.807, 2.05) is 13.8 Å². The lowest BCUT2D eigenvalue weighted by atomic mass is 9.84. The summed E-state index contributed by atoms with van der Waals surface area (Å²) in [5, 5.41) is 13.0. The van der Waals surface area contributed by atoms with Crippen molar-refractivity contribution in [1.29, 1.82) is 0 Å². The van der Waals surface area contributed by atoms with Crippen molar-refractivity contribution < 1.29 is 5.11 Å². The van der Waals surface area contributed by atoms with Gasteiger partial charge >= 0.3 is 0 Å². The van der Waals surface area contributed by atoms with Gasteiger partial charge in [0.2, 0.25) is 0 Å². The molecule has 0 amide bonds. The topological polar surface area (TPSA) is 32.3 Å². The van der Waals surface area contributed by atoms with Crippen LogP contribution in [0.25, 0.3) is 0 Å². The van der Waals surface area contributed by atoms with Crippen molar-refractivity contribution in [2.45, 2.75) is 52.1 Å². The van der Waals surface area contributed by atoms with Gasteiger partial charge in [-0.2, -0.15) is 0 Å². The maximum Gasteiger partial charge on any atom is 0.0715 e. The molecule has 0 unspecified atom stereocenters. The Labute approximate surface area is 111 Å². The van der Waals surface area contributed by atoms with Crippen LogP contribution >= 0.6 is 0 Å². The smallest absolute Gasteiger partial charge is 0.0715 e. The molecule has 0 bridgehead atoms. The number of nitrogens with one attached hydrogen (secondary N) is 1. The minimum atomic E-state index is -0.651. The first-order valence-electron chi connectivity index (χ1n) is 6.77. The van der Waals surface area contributed by atoms with E-state index in [2.05, 4.69) is 50.4 Å². The van der Waals surface area contributed by atoms with Gasteiger partial charge in [0.1, 0.15) is 0 Å². The minimum absolute atomic E-state index is 0.0809. The lowest BCUT2D eigenvalue weighted by Gasteiger charge is -2.28. The molecule has 0 saturated heterocycles. The number of benzene rings is 1. The van der Waals surface area contributed by atoms with Gasteiger partial charge < -0.3 is 10.4 Å². The van der Waals surface area contributed by atoms with Crippen LogP contribution in [0, 0.1) is 0 Å². The van der Waals surface area contributed by atoms with Gasteiger partial charge in [-0.25, -0.2) is 0 Å². The number of aryl methyl sites for hydroxylation is 1. The molecule has 0 fully saturated rings. The molecule has 0 spiro atoms. The summed E-state index contributed by atoms with van der Waals surface area (Å²) in [6, 6.07) is 8.83. The summed E-state index contributed by atoms with van der Waals surface area (Å²) in [6.45, 7) is 11.7. The van der Waals surface area contributed by atoms with Gasteiger partial charge in [0, 0.05) is 18.5 Å². The van der Waals surface area contributed by atoms with Gasteiger partial charge in [-0.05, 0) is 31.4 Å². The fourth-order valence-corrected chi connectivity index (χ4v) is 1.97.